The van der Waals surface area contributed by atoms with Crippen LogP contribution in [0.4, 0.5) is 11.4 Å². The molecule has 1 N–H and O–H groups in total. The number of aromatic nitrogens is 1. The number of benzene rings is 2. The Labute approximate surface area is 168 Å². The molecular weight excluding hydrogens is 378 g/mol. The van der Waals surface area contributed by atoms with Crippen LogP contribution >= 0.6 is 11.6 Å². The van der Waals surface area contributed by atoms with Crippen LogP contribution in [-0.2, 0) is 4.74 Å². The quantitative estimate of drug-likeness (QED) is 0.703. The Kier molecular flexibility index (Phi) is 5.32. The van der Waals surface area contributed by atoms with Crippen LogP contribution in [-0.4, -0.2) is 36.7 Å². The fourth-order valence-electron chi connectivity index (χ4n) is 3.28. The molecule has 1 aromatic heterocycles. The fraction of sp³-hybridized carbons (Fsp3) is 0.238. The molecule has 0 saturated carbocycles. The Bertz CT molecular complexity index is 971. The maximum Gasteiger partial charge on any atom is 0.278 e. The van der Waals surface area contributed by atoms with E-state index in [1.165, 1.54) is 6.39 Å². The van der Waals surface area contributed by atoms with Gasteiger partial charge >= 0.3 is 0 Å². The molecule has 3 aromatic rings. The van der Waals surface area contributed by atoms with E-state index in [9.17, 15) is 4.79 Å². The smallest absolute Gasteiger partial charge is 0.278 e. The molecule has 28 heavy (non-hydrogen) atoms. The number of nitrogens with zero attached hydrogens (tertiary/aromatic N) is 2. The number of rotatable bonds is 4. The molecule has 1 saturated heterocycles. The monoisotopic (exact) mass is 397 g/mol. The van der Waals surface area contributed by atoms with Gasteiger partial charge in [-0.25, -0.2) is 4.98 Å². The van der Waals surface area contributed by atoms with Gasteiger partial charge in [0.25, 0.3) is 5.91 Å². The van der Waals surface area contributed by atoms with E-state index in [1.807, 2.05) is 36.4 Å². The molecule has 2 aromatic carbocycles. The van der Waals surface area contributed by atoms with Crippen LogP contribution in [0.2, 0.25) is 5.02 Å². The molecule has 7 heteroatoms. The number of ether oxygens (including phenoxy) is 1. The summed E-state index contributed by atoms with van der Waals surface area (Å²) in [5.74, 6) is -0.00183. The average Bonchev–Trinajstić information content (AvgIpc) is 3.19. The largest absolute Gasteiger partial charge is 0.443 e. The van der Waals surface area contributed by atoms with Crippen molar-refractivity contribution < 1.29 is 13.9 Å². The molecule has 0 unspecified atom stereocenters. The topological polar surface area (TPSA) is 67.6 Å². The van der Waals surface area contributed by atoms with Crippen molar-refractivity contribution >= 4 is 28.9 Å². The molecule has 1 aliphatic heterocycles. The number of oxazole rings is 1. The number of amides is 1. The SMILES string of the molecule is C[C@H]1COCCN1c1ccc(NC(=O)c2ncoc2-c2ccccc2Cl)cc1. The third kappa shape index (κ3) is 3.74. The third-order valence-corrected chi connectivity index (χ3v) is 5.06. The molecule has 0 radical (unpaired) electrons. The van der Waals surface area contributed by atoms with Gasteiger partial charge in [0.1, 0.15) is 0 Å². The third-order valence-electron chi connectivity index (χ3n) is 4.73. The number of hydrogen-bond donors (Lipinski definition) is 1. The van der Waals surface area contributed by atoms with Gasteiger partial charge in [0.2, 0.25) is 0 Å². The second-order valence-electron chi connectivity index (χ2n) is 6.63. The van der Waals surface area contributed by atoms with Crippen molar-refractivity contribution in [3.63, 3.8) is 0 Å². The van der Waals surface area contributed by atoms with Crippen molar-refractivity contribution in [1.29, 1.82) is 0 Å². The molecule has 0 aliphatic carbocycles. The summed E-state index contributed by atoms with van der Waals surface area (Å²) >= 11 is 6.22. The van der Waals surface area contributed by atoms with Gasteiger partial charge < -0.3 is 19.4 Å². The predicted octanol–water partition coefficient (Wildman–Crippen LogP) is 4.47. The summed E-state index contributed by atoms with van der Waals surface area (Å²) in [5, 5.41) is 3.37. The summed E-state index contributed by atoms with van der Waals surface area (Å²) in [4.78, 5) is 19.1. The molecule has 1 aliphatic rings. The summed E-state index contributed by atoms with van der Waals surface area (Å²) in [6.07, 6.45) is 1.25. The molecule has 1 amide bonds. The van der Waals surface area contributed by atoms with Crippen LogP contribution in [0.15, 0.2) is 59.3 Å². The highest BCUT2D eigenvalue weighted by atomic mass is 35.5. The highest BCUT2D eigenvalue weighted by molar-refractivity contribution is 6.33. The first-order valence-electron chi connectivity index (χ1n) is 9.07. The van der Waals surface area contributed by atoms with Gasteiger partial charge in [0, 0.05) is 29.5 Å². The summed E-state index contributed by atoms with van der Waals surface area (Å²) < 4.78 is 10.9. The second kappa shape index (κ2) is 8.04. The Morgan fingerprint density at radius 2 is 2.00 bits per heavy atom. The van der Waals surface area contributed by atoms with Crippen molar-refractivity contribution in [3.05, 3.63) is 65.6 Å². The molecule has 2 heterocycles. The van der Waals surface area contributed by atoms with Gasteiger partial charge in [0.05, 0.1) is 18.2 Å². The maximum absolute atomic E-state index is 12.7. The van der Waals surface area contributed by atoms with E-state index < -0.39 is 0 Å². The number of anilines is 2. The van der Waals surface area contributed by atoms with E-state index in [-0.39, 0.29) is 11.6 Å². The van der Waals surface area contributed by atoms with Crippen LogP contribution in [0.5, 0.6) is 0 Å². The van der Waals surface area contributed by atoms with Gasteiger partial charge in [-0.15, -0.1) is 0 Å². The van der Waals surface area contributed by atoms with E-state index in [1.54, 1.807) is 12.1 Å². The lowest BCUT2D eigenvalue weighted by Gasteiger charge is -2.35. The number of nitrogens with one attached hydrogen (secondary N) is 1. The van der Waals surface area contributed by atoms with E-state index in [0.29, 0.717) is 28.1 Å². The lowest BCUT2D eigenvalue weighted by atomic mass is 10.1. The van der Waals surface area contributed by atoms with Crippen molar-refractivity contribution in [2.45, 2.75) is 13.0 Å². The molecule has 4 rings (SSSR count). The summed E-state index contributed by atoms with van der Waals surface area (Å²) in [6, 6.07) is 15.3. The first-order valence-corrected chi connectivity index (χ1v) is 9.45. The van der Waals surface area contributed by atoms with Crippen LogP contribution in [0.3, 0.4) is 0 Å². The Morgan fingerprint density at radius 3 is 2.75 bits per heavy atom. The van der Waals surface area contributed by atoms with Crippen molar-refractivity contribution in [2.24, 2.45) is 0 Å². The number of carbonyl (C=O) groups excluding carboxylic acids is 1. The normalized spacial score (nSPS) is 16.8. The van der Waals surface area contributed by atoms with Crippen molar-refractivity contribution in [2.75, 3.05) is 30.0 Å². The zero-order chi connectivity index (χ0) is 19.5. The Balaban J connectivity index is 1.51. The van der Waals surface area contributed by atoms with Crippen molar-refractivity contribution in [1.82, 2.24) is 4.98 Å². The number of carbonyl (C=O) groups is 1. The first-order chi connectivity index (χ1) is 13.6. The summed E-state index contributed by atoms with van der Waals surface area (Å²) in [6.45, 7) is 4.43. The molecule has 1 fully saturated rings. The zero-order valence-corrected chi connectivity index (χ0v) is 16.1. The van der Waals surface area contributed by atoms with E-state index in [2.05, 4.69) is 22.1 Å². The lowest BCUT2D eigenvalue weighted by Crippen LogP contribution is -2.43. The molecule has 1 atom stereocenters. The van der Waals surface area contributed by atoms with Gasteiger partial charge in [0.15, 0.2) is 17.8 Å². The highest BCUT2D eigenvalue weighted by Crippen LogP contribution is 2.30. The Hall–Kier alpha value is -2.83. The van der Waals surface area contributed by atoms with Crippen LogP contribution in [0.1, 0.15) is 17.4 Å². The lowest BCUT2D eigenvalue weighted by molar-refractivity contribution is 0.0989. The predicted molar refractivity (Wildman–Crippen MR) is 109 cm³/mol. The van der Waals surface area contributed by atoms with Crippen molar-refractivity contribution in [3.8, 4) is 11.3 Å². The summed E-state index contributed by atoms with van der Waals surface area (Å²) in [7, 11) is 0. The molecular formula is C21H20ClN3O3. The van der Waals surface area contributed by atoms with Crippen LogP contribution in [0, 0.1) is 0 Å². The molecule has 0 bridgehead atoms. The average molecular weight is 398 g/mol. The maximum atomic E-state index is 12.7. The van der Waals surface area contributed by atoms with E-state index >= 15 is 0 Å². The Morgan fingerprint density at radius 1 is 1.21 bits per heavy atom. The number of morpholine rings is 1. The molecule has 0 spiro atoms. The number of hydrogen-bond acceptors (Lipinski definition) is 5. The standard InChI is InChI=1S/C21H20ClN3O3/c1-14-12-27-11-10-25(14)16-8-6-15(7-9-16)24-21(26)19-20(28-13-23-19)17-4-2-3-5-18(17)22/h2-9,13-14H,10-12H2,1H3,(H,24,26)/t14-/m0/s1. The van der Waals surface area contributed by atoms with E-state index in [4.69, 9.17) is 20.8 Å². The fourth-order valence-corrected chi connectivity index (χ4v) is 3.50. The molecule has 144 valence electrons. The second-order valence-corrected chi connectivity index (χ2v) is 7.04. The zero-order valence-electron chi connectivity index (χ0n) is 15.4. The van der Waals surface area contributed by atoms with Gasteiger partial charge in [-0.05, 0) is 43.3 Å². The van der Waals surface area contributed by atoms with Gasteiger partial charge in [-0.1, -0.05) is 23.7 Å². The highest BCUT2D eigenvalue weighted by Gasteiger charge is 2.21. The van der Waals surface area contributed by atoms with Gasteiger partial charge in [-0.3, -0.25) is 4.79 Å². The minimum atomic E-state index is -0.351. The summed E-state index contributed by atoms with van der Waals surface area (Å²) in [5.41, 5.74) is 2.61. The van der Waals surface area contributed by atoms with E-state index in [0.717, 1.165) is 25.4 Å². The molecule has 6 nitrogen and oxygen atoms in total. The minimum Gasteiger partial charge on any atom is -0.443 e. The van der Waals surface area contributed by atoms with Crippen LogP contribution in [0.25, 0.3) is 11.3 Å². The number of halogens is 1. The first kappa shape index (κ1) is 18.5. The van der Waals surface area contributed by atoms with Gasteiger partial charge in [-0.2, -0.15) is 0 Å². The van der Waals surface area contributed by atoms with Crippen LogP contribution < -0.4 is 10.2 Å². The minimum absolute atomic E-state index is 0.193.